The van der Waals surface area contributed by atoms with Crippen molar-refractivity contribution < 1.29 is 9.47 Å². The second-order valence-corrected chi connectivity index (χ2v) is 4.71. The molecule has 1 aromatic rings. The van der Waals surface area contributed by atoms with E-state index in [9.17, 15) is 0 Å². The highest BCUT2D eigenvalue weighted by atomic mass is 79.9. The van der Waals surface area contributed by atoms with Gasteiger partial charge in [-0.2, -0.15) is 0 Å². The molecule has 0 aliphatic carbocycles. The van der Waals surface area contributed by atoms with E-state index in [0.29, 0.717) is 13.2 Å². The van der Waals surface area contributed by atoms with Gasteiger partial charge in [0.2, 0.25) is 5.79 Å². The fraction of sp³-hybridized carbons (Fsp3) is 0.500. The van der Waals surface area contributed by atoms with Crippen LogP contribution < -0.4 is 4.90 Å². The summed E-state index contributed by atoms with van der Waals surface area (Å²) in [6.07, 6.45) is 1.80. The Bertz CT molecular complexity index is 354. The standard InChI is InChI=1S/C10H11BrN2O2/c11-8-1-2-9(12-5-8)13-6-10(7-13)14-3-4-15-10/h1-2,5H,3-4,6-7H2. The summed E-state index contributed by atoms with van der Waals surface area (Å²) in [6.45, 7) is 2.98. The molecule has 0 N–H and O–H groups in total. The average Bonchev–Trinajstić information content (AvgIpc) is 2.66. The lowest BCUT2D eigenvalue weighted by Crippen LogP contribution is -2.63. The minimum Gasteiger partial charge on any atom is -0.346 e. The van der Waals surface area contributed by atoms with Crippen LogP contribution in [0.1, 0.15) is 0 Å². The first-order valence-corrected chi connectivity index (χ1v) is 5.71. The van der Waals surface area contributed by atoms with Crippen LogP contribution in [0.3, 0.4) is 0 Å². The molecule has 3 rings (SSSR count). The summed E-state index contributed by atoms with van der Waals surface area (Å²) in [5.74, 6) is 0.636. The number of hydrogen-bond donors (Lipinski definition) is 0. The molecule has 2 aliphatic rings. The molecule has 1 aromatic heterocycles. The molecule has 5 heteroatoms. The predicted octanol–water partition coefficient (Wildman–Crippen LogP) is 1.41. The Morgan fingerprint density at radius 1 is 1.27 bits per heavy atom. The Kier molecular flexibility index (Phi) is 2.19. The number of ether oxygens (including phenoxy) is 2. The van der Waals surface area contributed by atoms with Crippen LogP contribution in [0.15, 0.2) is 22.8 Å². The normalized spacial score (nSPS) is 23.1. The lowest BCUT2D eigenvalue weighted by Gasteiger charge is -2.46. The van der Waals surface area contributed by atoms with Crippen LogP contribution >= 0.6 is 15.9 Å². The van der Waals surface area contributed by atoms with Crippen molar-refractivity contribution >= 4 is 21.7 Å². The van der Waals surface area contributed by atoms with Gasteiger partial charge >= 0.3 is 0 Å². The van der Waals surface area contributed by atoms with E-state index >= 15 is 0 Å². The lowest BCUT2D eigenvalue weighted by molar-refractivity contribution is -0.172. The molecule has 0 radical (unpaired) electrons. The summed E-state index contributed by atoms with van der Waals surface area (Å²) in [7, 11) is 0. The molecule has 2 fully saturated rings. The van der Waals surface area contributed by atoms with Gasteiger partial charge < -0.3 is 14.4 Å². The number of pyridine rings is 1. The zero-order valence-electron chi connectivity index (χ0n) is 8.15. The Morgan fingerprint density at radius 2 is 2.00 bits per heavy atom. The summed E-state index contributed by atoms with van der Waals surface area (Å²) < 4.78 is 12.1. The highest BCUT2D eigenvalue weighted by molar-refractivity contribution is 9.10. The maximum absolute atomic E-state index is 5.55. The van der Waals surface area contributed by atoms with Crippen molar-refractivity contribution in [3.8, 4) is 0 Å². The van der Waals surface area contributed by atoms with E-state index in [0.717, 1.165) is 23.4 Å². The predicted molar refractivity (Wildman–Crippen MR) is 58.8 cm³/mol. The van der Waals surface area contributed by atoms with Crippen LogP contribution in [0.2, 0.25) is 0 Å². The monoisotopic (exact) mass is 270 g/mol. The highest BCUT2D eigenvalue weighted by Gasteiger charge is 2.48. The fourth-order valence-electron chi connectivity index (χ4n) is 1.93. The number of hydrogen-bond acceptors (Lipinski definition) is 4. The first-order chi connectivity index (χ1) is 7.27. The Balaban J connectivity index is 1.69. The molecule has 2 saturated heterocycles. The van der Waals surface area contributed by atoms with Gasteiger partial charge in [-0.25, -0.2) is 4.98 Å². The molecule has 80 valence electrons. The first-order valence-electron chi connectivity index (χ1n) is 4.92. The first kappa shape index (κ1) is 9.57. The van der Waals surface area contributed by atoms with Gasteiger partial charge in [-0.05, 0) is 28.1 Å². The molecule has 0 amide bonds. The van der Waals surface area contributed by atoms with Crippen molar-refractivity contribution in [2.45, 2.75) is 5.79 Å². The summed E-state index contributed by atoms with van der Waals surface area (Å²) in [5.41, 5.74) is 0. The number of halogens is 1. The van der Waals surface area contributed by atoms with Crippen LogP contribution in [-0.2, 0) is 9.47 Å². The van der Waals surface area contributed by atoms with Crippen LogP contribution in [-0.4, -0.2) is 37.1 Å². The average molecular weight is 271 g/mol. The van der Waals surface area contributed by atoms with E-state index in [1.54, 1.807) is 6.20 Å². The number of aromatic nitrogens is 1. The van der Waals surface area contributed by atoms with Crippen molar-refractivity contribution in [3.05, 3.63) is 22.8 Å². The summed E-state index contributed by atoms with van der Waals surface area (Å²) in [5, 5.41) is 0. The molecule has 0 unspecified atom stereocenters. The van der Waals surface area contributed by atoms with Gasteiger partial charge in [-0.3, -0.25) is 0 Å². The highest BCUT2D eigenvalue weighted by Crippen LogP contribution is 2.33. The zero-order chi connectivity index (χ0) is 10.3. The minimum atomic E-state index is -0.339. The van der Waals surface area contributed by atoms with Crippen molar-refractivity contribution in [2.24, 2.45) is 0 Å². The third-order valence-corrected chi connectivity index (χ3v) is 3.18. The van der Waals surface area contributed by atoms with Crippen LogP contribution in [0.4, 0.5) is 5.82 Å². The Labute approximate surface area is 96.3 Å². The third kappa shape index (κ3) is 1.64. The second kappa shape index (κ2) is 3.43. The molecule has 0 saturated carbocycles. The molecule has 0 aromatic carbocycles. The fourth-order valence-corrected chi connectivity index (χ4v) is 2.17. The largest absolute Gasteiger partial charge is 0.346 e. The number of nitrogens with zero attached hydrogens (tertiary/aromatic N) is 2. The summed E-state index contributed by atoms with van der Waals surface area (Å²) >= 11 is 3.36. The van der Waals surface area contributed by atoms with Crippen LogP contribution in [0.5, 0.6) is 0 Å². The van der Waals surface area contributed by atoms with Crippen molar-refractivity contribution in [1.82, 2.24) is 4.98 Å². The molecule has 15 heavy (non-hydrogen) atoms. The topological polar surface area (TPSA) is 34.6 Å². The molecular weight excluding hydrogens is 260 g/mol. The van der Waals surface area contributed by atoms with E-state index in [1.165, 1.54) is 0 Å². The van der Waals surface area contributed by atoms with Gasteiger partial charge in [0.1, 0.15) is 5.82 Å². The number of rotatable bonds is 1. The Hall–Kier alpha value is -0.650. The summed E-state index contributed by atoms with van der Waals surface area (Å²) in [4.78, 5) is 6.47. The van der Waals surface area contributed by atoms with Gasteiger partial charge in [-0.15, -0.1) is 0 Å². The van der Waals surface area contributed by atoms with Gasteiger partial charge in [0.05, 0.1) is 26.3 Å². The summed E-state index contributed by atoms with van der Waals surface area (Å²) in [6, 6.07) is 3.98. The van der Waals surface area contributed by atoms with Gasteiger partial charge in [-0.1, -0.05) is 0 Å². The Morgan fingerprint density at radius 3 is 2.60 bits per heavy atom. The van der Waals surface area contributed by atoms with E-state index in [4.69, 9.17) is 9.47 Å². The third-order valence-electron chi connectivity index (χ3n) is 2.71. The second-order valence-electron chi connectivity index (χ2n) is 3.80. The molecule has 0 atom stereocenters. The molecule has 4 nitrogen and oxygen atoms in total. The molecule has 0 bridgehead atoms. The van der Waals surface area contributed by atoms with E-state index < -0.39 is 0 Å². The maximum Gasteiger partial charge on any atom is 0.204 e. The molecular formula is C10H11BrN2O2. The van der Waals surface area contributed by atoms with Crippen molar-refractivity contribution in [3.63, 3.8) is 0 Å². The van der Waals surface area contributed by atoms with E-state index in [1.807, 2.05) is 12.1 Å². The van der Waals surface area contributed by atoms with Gasteiger partial charge in [0.15, 0.2) is 0 Å². The van der Waals surface area contributed by atoms with E-state index in [-0.39, 0.29) is 5.79 Å². The van der Waals surface area contributed by atoms with E-state index in [2.05, 4.69) is 25.8 Å². The quantitative estimate of drug-likeness (QED) is 0.773. The van der Waals surface area contributed by atoms with Crippen molar-refractivity contribution in [1.29, 1.82) is 0 Å². The van der Waals surface area contributed by atoms with Crippen LogP contribution in [0, 0.1) is 0 Å². The minimum absolute atomic E-state index is 0.339. The SMILES string of the molecule is Brc1ccc(N2CC3(C2)OCCO3)nc1. The smallest absolute Gasteiger partial charge is 0.204 e. The maximum atomic E-state index is 5.55. The number of anilines is 1. The zero-order valence-corrected chi connectivity index (χ0v) is 9.74. The molecule has 1 spiro atoms. The van der Waals surface area contributed by atoms with Crippen LogP contribution in [0.25, 0.3) is 0 Å². The lowest BCUT2D eigenvalue weighted by atomic mass is 10.1. The molecule has 3 heterocycles. The van der Waals surface area contributed by atoms with Gasteiger partial charge in [0.25, 0.3) is 0 Å². The molecule has 2 aliphatic heterocycles. The van der Waals surface area contributed by atoms with Crippen molar-refractivity contribution in [2.75, 3.05) is 31.2 Å². The van der Waals surface area contributed by atoms with Gasteiger partial charge in [0, 0.05) is 10.7 Å².